The summed E-state index contributed by atoms with van der Waals surface area (Å²) in [4.78, 5) is 4.44. The fraction of sp³-hybridized carbons (Fsp3) is 0. The quantitative estimate of drug-likeness (QED) is 0.134. The third kappa shape index (κ3) is 2.80. The first kappa shape index (κ1) is 3.80. The molecule has 0 fully saturated rings. The molecule has 0 aromatic heterocycles. The molecule has 0 heterocycles. The highest BCUT2D eigenvalue weighted by Crippen LogP contribution is 1.62. The lowest BCUT2D eigenvalue weighted by atomic mass is 11.8. The van der Waals surface area contributed by atoms with E-state index in [-0.39, 0.29) is 0 Å². The first-order chi connectivity index (χ1) is 2.41. The molecule has 4 nitrogen and oxygen atoms in total. The van der Waals surface area contributed by atoms with Crippen molar-refractivity contribution in [2.75, 3.05) is 0 Å². The lowest BCUT2D eigenvalue weighted by molar-refractivity contribution is 1.51. The predicted molar refractivity (Wildman–Crippen MR) is 15.7 cm³/mol. The number of hydrogen-bond donors (Lipinski definition) is 0. The fourth-order valence-corrected chi connectivity index (χ4v) is 0.0200. The molecule has 0 saturated carbocycles. The van der Waals surface area contributed by atoms with Gasteiger partial charge in [-0.05, 0) is 0 Å². The van der Waals surface area contributed by atoms with Gasteiger partial charge in [0, 0.05) is 5.53 Å². The molecule has 24 valence electrons. The maximum atomic E-state index is 7.31. The van der Waals surface area contributed by atoms with E-state index >= 15 is 0 Å². The van der Waals surface area contributed by atoms with Crippen LogP contribution in [0, 0.1) is 6.57 Å². The highest BCUT2D eigenvalue weighted by molar-refractivity contribution is 4.45. The lowest BCUT2D eigenvalue weighted by Gasteiger charge is -1.33. The molecular weight excluding hydrogens is 68.0 g/mol. The van der Waals surface area contributed by atoms with Crippen LogP contribution in [0.5, 0.6) is 0 Å². The van der Waals surface area contributed by atoms with Crippen LogP contribution in [0.25, 0.3) is 15.4 Å². The fourth-order valence-electron chi connectivity index (χ4n) is 0.0200. The van der Waals surface area contributed by atoms with Crippen molar-refractivity contribution in [3.8, 4) is 0 Å². The van der Waals surface area contributed by atoms with Gasteiger partial charge in [-0.25, -0.2) is 6.57 Å². The van der Waals surface area contributed by atoms with Crippen molar-refractivity contribution in [2.45, 2.75) is 0 Å². The van der Waals surface area contributed by atoms with Crippen molar-refractivity contribution in [3.63, 3.8) is 0 Å². The molecule has 5 heavy (non-hydrogen) atoms. The van der Waals surface area contributed by atoms with Crippen LogP contribution >= 0.6 is 0 Å². The Balaban J connectivity index is 3.46. The molecule has 0 spiro atoms. The summed E-state index contributed by atoms with van der Waals surface area (Å²) in [6.45, 7) is 5.81. The van der Waals surface area contributed by atoms with Crippen LogP contribution in [-0.2, 0) is 0 Å². The smallest absolute Gasteiger partial charge is 0.203 e. The zero-order chi connectivity index (χ0) is 4.12. The Morgan fingerprint density at radius 1 is 1.80 bits per heavy atom. The first-order valence-electron chi connectivity index (χ1n) is 0.824. The molecule has 0 radical (unpaired) electrons. The van der Waals surface area contributed by atoms with E-state index in [4.69, 9.17) is 12.1 Å². The summed E-state index contributed by atoms with van der Waals surface area (Å²) in [5, 5.41) is 2.44. The highest BCUT2D eigenvalue weighted by atomic mass is 15.3. The number of hydrogen-bond acceptors (Lipinski definition) is 1. The zero-order valence-corrected chi connectivity index (χ0v) is 2.29. The minimum absolute atomic E-state index is 2.12. The Bertz CT molecular complexity index is 90.7. The Morgan fingerprint density at radius 3 is 2.40 bits per heavy atom. The topological polar surface area (TPSA) is 53.1 Å². The SMILES string of the molecule is [C-]#[N+]N=[N+]=[N-]. The molecule has 0 amide bonds. The third-order valence-corrected chi connectivity index (χ3v) is 0.0847. The molecule has 0 bridgehead atoms. The standard InChI is InChI=1S/CN4/c1-3-5-4-2. The molecule has 0 aromatic rings. The van der Waals surface area contributed by atoms with E-state index < -0.39 is 0 Å². The average Bonchev–Trinajstić information content (AvgIpc) is 1.41. The van der Waals surface area contributed by atoms with Crippen LogP contribution in [0.4, 0.5) is 0 Å². The van der Waals surface area contributed by atoms with E-state index in [1.807, 2.05) is 0 Å². The summed E-state index contributed by atoms with van der Waals surface area (Å²) in [5.74, 6) is 0. The summed E-state index contributed by atoms with van der Waals surface area (Å²) >= 11 is 0. The van der Waals surface area contributed by atoms with Crippen LogP contribution in [0.1, 0.15) is 0 Å². The highest BCUT2D eigenvalue weighted by Gasteiger charge is 1.47. The van der Waals surface area contributed by atoms with Crippen molar-refractivity contribution < 1.29 is 0 Å². The minimum Gasteiger partial charge on any atom is -0.203 e. The van der Waals surface area contributed by atoms with Crippen molar-refractivity contribution in [1.82, 2.24) is 0 Å². The molecule has 4 heteroatoms. The van der Waals surface area contributed by atoms with E-state index in [1.165, 1.54) is 0 Å². The van der Waals surface area contributed by atoms with Gasteiger partial charge in [0.1, 0.15) is 0 Å². The lowest BCUT2D eigenvalue weighted by Crippen LogP contribution is -1.14. The second-order valence-corrected chi connectivity index (χ2v) is 0.279. The van der Waals surface area contributed by atoms with Gasteiger partial charge < -0.3 is 0 Å². The molecule has 0 N–H and O–H groups in total. The molecule has 0 saturated heterocycles. The molecule has 0 aliphatic rings. The van der Waals surface area contributed by atoms with Crippen LogP contribution in [0.15, 0.2) is 5.22 Å². The predicted octanol–water partition coefficient (Wildman–Crippen LogP) is 1.13. The van der Waals surface area contributed by atoms with Gasteiger partial charge in [-0.1, -0.05) is 0 Å². The monoisotopic (exact) mass is 68.0 g/mol. The largest absolute Gasteiger partial charge is 0.290 e. The Labute approximate surface area is 28.4 Å². The Morgan fingerprint density at radius 2 is 2.40 bits per heavy atom. The van der Waals surface area contributed by atoms with Crippen LogP contribution in [0.3, 0.4) is 0 Å². The minimum atomic E-state index is 2.12. The Kier molecular flexibility index (Phi) is 2.13. The van der Waals surface area contributed by atoms with Crippen molar-refractivity contribution in [2.24, 2.45) is 5.22 Å². The van der Waals surface area contributed by atoms with Crippen LogP contribution in [-0.4, -0.2) is 0 Å². The van der Waals surface area contributed by atoms with Crippen LogP contribution < -0.4 is 0 Å². The van der Waals surface area contributed by atoms with Crippen molar-refractivity contribution in [1.29, 1.82) is 0 Å². The number of nitrogens with zero attached hydrogens (tertiary/aromatic N) is 4. The molecule has 0 aliphatic heterocycles. The van der Waals surface area contributed by atoms with E-state index in [0.29, 0.717) is 0 Å². The molecule has 0 rings (SSSR count). The average molecular weight is 68.0 g/mol. The Hall–Kier alpha value is -1.20. The summed E-state index contributed by atoms with van der Waals surface area (Å²) < 4.78 is 0. The van der Waals surface area contributed by atoms with E-state index in [0.717, 1.165) is 0 Å². The first-order valence-corrected chi connectivity index (χ1v) is 0.824. The van der Waals surface area contributed by atoms with Gasteiger partial charge in [0.15, 0.2) is 0 Å². The van der Waals surface area contributed by atoms with Gasteiger partial charge >= 0.3 is 0 Å². The van der Waals surface area contributed by atoms with Gasteiger partial charge in [0.25, 0.3) is 5.22 Å². The zero-order valence-electron chi connectivity index (χ0n) is 2.29. The molecule has 0 atom stereocenters. The summed E-state index contributed by atoms with van der Waals surface area (Å²) in [6.07, 6.45) is 0. The third-order valence-electron chi connectivity index (χ3n) is 0.0847. The second-order valence-electron chi connectivity index (χ2n) is 0.279. The van der Waals surface area contributed by atoms with E-state index in [9.17, 15) is 0 Å². The maximum absolute atomic E-state index is 7.31. The van der Waals surface area contributed by atoms with Gasteiger partial charge in [0.2, 0.25) is 0 Å². The molecule has 0 aromatic carbocycles. The van der Waals surface area contributed by atoms with Crippen molar-refractivity contribution >= 4 is 0 Å². The van der Waals surface area contributed by atoms with Gasteiger partial charge in [-0.3, -0.25) is 0 Å². The molecular formula is CN4. The number of rotatable bonds is 0. The van der Waals surface area contributed by atoms with Crippen molar-refractivity contribution in [3.05, 3.63) is 22.0 Å². The molecule has 0 unspecified atom stereocenters. The normalized spacial score (nSPS) is 3.80. The van der Waals surface area contributed by atoms with Gasteiger partial charge in [-0.15, -0.1) is 0 Å². The van der Waals surface area contributed by atoms with Gasteiger partial charge in [-0.2, -0.15) is 4.95 Å². The summed E-state index contributed by atoms with van der Waals surface area (Å²) in [7, 11) is 0. The van der Waals surface area contributed by atoms with Gasteiger partial charge in [0.05, 0.1) is 4.91 Å². The van der Waals surface area contributed by atoms with E-state index in [2.05, 4.69) is 15.1 Å². The number of azide groups is 1. The summed E-state index contributed by atoms with van der Waals surface area (Å²) in [5.41, 5.74) is 7.31. The summed E-state index contributed by atoms with van der Waals surface area (Å²) in [6, 6.07) is 0. The second kappa shape index (κ2) is 2.80. The van der Waals surface area contributed by atoms with Crippen LogP contribution in [0.2, 0.25) is 0 Å². The van der Waals surface area contributed by atoms with E-state index in [1.54, 1.807) is 0 Å². The maximum Gasteiger partial charge on any atom is 0.290 e. The molecule has 0 aliphatic carbocycles.